The molecule has 12 heavy (non-hydrogen) atoms. The van der Waals surface area contributed by atoms with Gasteiger partial charge >= 0.3 is 0 Å². The van der Waals surface area contributed by atoms with E-state index in [0.717, 1.165) is 0 Å². The molecule has 0 aliphatic carbocycles. The van der Waals surface area contributed by atoms with E-state index in [2.05, 4.69) is 10.3 Å². The van der Waals surface area contributed by atoms with Crippen molar-refractivity contribution in [3.8, 4) is 6.07 Å². The Labute approximate surface area is 74.1 Å². The predicted octanol–water partition coefficient (Wildman–Crippen LogP) is 0.921. The fraction of sp³-hybridized carbons (Fsp3) is 0.143. The molecule has 1 heterocycles. The van der Waals surface area contributed by atoms with Gasteiger partial charge in [-0.1, -0.05) is 11.6 Å². The molecule has 62 valence electrons. The molecule has 1 aromatic heterocycles. The molecule has 0 saturated carbocycles. The van der Waals surface area contributed by atoms with Crippen LogP contribution in [-0.4, -0.2) is 17.4 Å². The van der Waals surface area contributed by atoms with Crippen LogP contribution >= 0.6 is 11.6 Å². The third kappa shape index (κ3) is 2.01. The SMILES string of the molecule is N#CCNC(=O)c1cc(Cl)c[nH]1. The Balaban J connectivity index is 2.61. The fourth-order valence-electron chi connectivity index (χ4n) is 0.714. The molecule has 0 fully saturated rings. The summed E-state index contributed by atoms with van der Waals surface area (Å²) in [6.07, 6.45) is 1.50. The Kier molecular flexibility index (Phi) is 2.72. The van der Waals surface area contributed by atoms with E-state index in [9.17, 15) is 4.79 Å². The summed E-state index contributed by atoms with van der Waals surface area (Å²) in [6.45, 7) is -0.00449. The van der Waals surface area contributed by atoms with Crippen molar-refractivity contribution < 1.29 is 4.79 Å². The smallest absolute Gasteiger partial charge is 0.268 e. The number of nitriles is 1. The van der Waals surface area contributed by atoms with E-state index in [1.54, 1.807) is 6.07 Å². The highest BCUT2D eigenvalue weighted by molar-refractivity contribution is 6.30. The fourth-order valence-corrected chi connectivity index (χ4v) is 0.878. The maximum atomic E-state index is 11.1. The van der Waals surface area contributed by atoms with Crippen molar-refractivity contribution in [3.05, 3.63) is 23.0 Å². The van der Waals surface area contributed by atoms with Gasteiger partial charge in [0.15, 0.2) is 0 Å². The molecule has 5 heteroatoms. The lowest BCUT2D eigenvalue weighted by Crippen LogP contribution is -2.23. The Morgan fingerprint density at radius 3 is 3.08 bits per heavy atom. The number of hydrogen-bond donors (Lipinski definition) is 2. The Morgan fingerprint density at radius 1 is 1.83 bits per heavy atom. The van der Waals surface area contributed by atoms with E-state index in [4.69, 9.17) is 16.9 Å². The third-order valence-electron chi connectivity index (χ3n) is 1.22. The Bertz CT molecular complexity index is 326. The zero-order valence-corrected chi connectivity index (χ0v) is 6.85. The van der Waals surface area contributed by atoms with Crippen LogP contribution in [0, 0.1) is 11.3 Å². The van der Waals surface area contributed by atoms with Gasteiger partial charge in [-0.15, -0.1) is 0 Å². The normalized spacial score (nSPS) is 9.00. The molecular formula is C7H6ClN3O. The quantitative estimate of drug-likeness (QED) is 0.670. The number of H-pyrrole nitrogens is 1. The number of aromatic nitrogens is 1. The summed E-state index contributed by atoms with van der Waals surface area (Å²) in [7, 11) is 0. The van der Waals surface area contributed by atoms with Crippen molar-refractivity contribution in [1.29, 1.82) is 5.26 Å². The molecule has 0 saturated heterocycles. The highest BCUT2D eigenvalue weighted by Crippen LogP contribution is 2.08. The number of nitrogens with zero attached hydrogens (tertiary/aromatic N) is 1. The van der Waals surface area contributed by atoms with Gasteiger partial charge < -0.3 is 10.3 Å². The molecule has 0 bridgehead atoms. The third-order valence-corrected chi connectivity index (χ3v) is 1.44. The van der Waals surface area contributed by atoms with Gasteiger partial charge in [-0.05, 0) is 6.07 Å². The van der Waals surface area contributed by atoms with Crippen LogP contribution in [0.25, 0.3) is 0 Å². The van der Waals surface area contributed by atoms with Gasteiger partial charge in [0.1, 0.15) is 12.2 Å². The van der Waals surface area contributed by atoms with Crippen molar-refractivity contribution in [2.24, 2.45) is 0 Å². The molecule has 0 aliphatic heterocycles. The minimum Gasteiger partial charge on any atom is -0.356 e. The van der Waals surface area contributed by atoms with Crippen LogP contribution in [0.3, 0.4) is 0 Å². The number of carbonyl (C=O) groups excluding carboxylic acids is 1. The zero-order valence-electron chi connectivity index (χ0n) is 6.10. The second kappa shape index (κ2) is 3.79. The minimum absolute atomic E-state index is 0.00449. The van der Waals surface area contributed by atoms with Crippen LogP contribution in [0.15, 0.2) is 12.3 Å². The molecule has 0 aromatic carbocycles. The van der Waals surface area contributed by atoms with Crippen molar-refractivity contribution in [2.45, 2.75) is 0 Å². The standard InChI is InChI=1S/C7H6ClN3O/c8-5-3-6(11-4-5)7(12)10-2-1-9/h3-4,11H,2H2,(H,10,12). The molecule has 4 nitrogen and oxygen atoms in total. The maximum absolute atomic E-state index is 11.1. The first-order valence-electron chi connectivity index (χ1n) is 3.23. The van der Waals surface area contributed by atoms with Crippen LogP contribution in [0.1, 0.15) is 10.5 Å². The molecule has 0 radical (unpaired) electrons. The number of carbonyl (C=O) groups is 1. The highest BCUT2D eigenvalue weighted by atomic mass is 35.5. The number of nitrogens with one attached hydrogen (secondary N) is 2. The van der Waals surface area contributed by atoms with Gasteiger partial charge in [-0.3, -0.25) is 4.79 Å². The van der Waals surface area contributed by atoms with E-state index in [1.807, 2.05) is 0 Å². The second-order valence-corrected chi connectivity index (χ2v) is 2.51. The first-order valence-corrected chi connectivity index (χ1v) is 3.61. The molecular weight excluding hydrogens is 178 g/mol. The lowest BCUT2D eigenvalue weighted by molar-refractivity contribution is 0.0954. The molecule has 1 rings (SSSR count). The number of hydrogen-bond acceptors (Lipinski definition) is 2. The lowest BCUT2D eigenvalue weighted by atomic mass is 10.4. The molecule has 1 aromatic rings. The zero-order chi connectivity index (χ0) is 8.97. The maximum Gasteiger partial charge on any atom is 0.268 e. The van der Waals surface area contributed by atoms with Crippen molar-refractivity contribution in [2.75, 3.05) is 6.54 Å². The van der Waals surface area contributed by atoms with Gasteiger partial charge in [0.25, 0.3) is 5.91 Å². The molecule has 0 atom stereocenters. The average molecular weight is 184 g/mol. The summed E-state index contributed by atoms with van der Waals surface area (Å²) in [5.41, 5.74) is 0.357. The topological polar surface area (TPSA) is 68.7 Å². The average Bonchev–Trinajstić information content (AvgIpc) is 2.47. The summed E-state index contributed by atoms with van der Waals surface area (Å²) >= 11 is 5.56. The molecule has 1 amide bonds. The van der Waals surface area contributed by atoms with E-state index in [0.29, 0.717) is 10.7 Å². The number of halogens is 1. The molecule has 0 unspecified atom stereocenters. The van der Waals surface area contributed by atoms with Crippen molar-refractivity contribution in [1.82, 2.24) is 10.3 Å². The predicted molar refractivity (Wildman–Crippen MR) is 43.7 cm³/mol. The summed E-state index contributed by atoms with van der Waals surface area (Å²) in [5, 5.41) is 11.0. The molecule has 0 spiro atoms. The van der Waals surface area contributed by atoms with Crippen molar-refractivity contribution in [3.63, 3.8) is 0 Å². The Morgan fingerprint density at radius 2 is 2.58 bits per heavy atom. The lowest BCUT2D eigenvalue weighted by Gasteiger charge is -1.95. The first kappa shape index (κ1) is 8.62. The number of aromatic amines is 1. The van der Waals surface area contributed by atoms with Gasteiger partial charge in [0.05, 0.1) is 11.1 Å². The Hall–Kier alpha value is -1.47. The van der Waals surface area contributed by atoms with Crippen LogP contribution in [0.4, 0.5) is 0 Å². The van der Waals surface area contributed by atoms with Crippen LogP contribution in [-0.2, 0) is 0 Å². The van der Waals surface area contributed by atoms with Crippen molar-refractivity contribution >= 4 is 17.5 Å². The number of rotatable bonds is 2. The van der Waals surface area contributed by atoms with Gasteiger partial charge in [0, 0.05) is 6.20 Å². The monoisotopic (exact) mass is 183 g/mol. The van der Waals surface area contributed by atoms with E-state index < -0.39 is 0 Å². The summed E-state index contributed by atoms with van der Waals surface area (Å²) in [6, 6.07) is 3.29. The molecule has 2 N–H and O–H groups in total. The number of amides is 1. The van der Waals surface area contributed by atoms with Crippen LogP contribution < -0.4 is 5.32 Å². The van der Waals surface area contributed by atoms with Crippen LogP contribution in [0.5, 0.6) is 0 Å². The summed E-state index contributed by atoms with van der Waals surface area (Å²) in [5.74, 6) is -0.330. The van der Waals surface area contributed by atoms with Gasteiger partial charge in [-0.25, -0.2) is 0 Å². The second-order valence-electron chi connectivity index (χ2n) is 2.07. The molecule has 0 aliphatic rings. The van der Waals surface area contributed by atoms with Gasteiger partial charge in [0.2, 0.25) is 0 Å². The first-order chi connectivity index (χ1) is 5.74. The van der Waals surface area contributed by atoms with Gasteiger partial charge in [-0.2, -0.15) is 5.26 Å². The largest absolute Gasteiger partial charge is 0.356 e. The minimum atomic E-state index is -0.330. The van der Waals surface area contributed by atoms with E-state index in [-0.39, 0.29) is 12.5 Å². The van der Waals surface area contributed by atoms with E-state index >= 15 is 0 Å². The summed E-state index contributed by atoms with van der Waals surface area (Å²) < 4.78 is 0. The van der Waals surface area contributed by atoms with Crippen LogP contribution in [0.2, 0.25) is 5.02 Å². The van der Waals surface area contributed by atoms with E-state index in [1.165, 1.54) is 12.3 Å². The summed E-state index contributed by atoms with van der Waals surface area (Å²) in [4.78, 5) is 13.7. The highest BCUT2D eigenvalue weighted by Gasteiger charge is 2.05.